The second kappa shape index (κ2) is 5.51. The lowest BCUT2D eigenvalue weighted by Gasteiger charge is -2.22. The molecule has 1 heterocycles. The van der Waals surface area contributed by atoms with Gasteiger partial charge in [0.15, 0.2) is 0 Å². The Labute approximate surface area is 109 Å². The largest absolute Gasteiger partial charge is 0.376 e. The normalized spacial score (nSPS) is 21.1. The molecule has 0 aromatic heterocycles. The number of nitrogens with one attached hydrogen (secondary N) is 1. The number of para-hydroxylation sites is 1. The fraction of sp³-hybridized carbons (Fsp3) is 0.417. The lowest BCUT2D eigenvalue weighted by atomic mass is 10.1. The Morgan fingerprint density at radius 3 is 2.88 bits per heavy atom. The highest BCUT2D eigenvalue weighted by Gasteiger charge is 2.30. The maximum Gasteiger partial charge on any atom is 0.242 e. The van der Waals surface area contributed by atoms with Gasteiger partial charge in [-0.05, 0) is 40.9 Å². The van der Waals surface area contributed by atoms with Gasteiger partial charge in [-0.15, -0.1) is 0 Å². The fourth-order valence-corrected chi connectivity index (χ4v) is 2.36. The molecule has 3 N–H and O–H groups in total. The van der Waals surface area contributed by atoms with Gasteiger partial charge in [-0.25, -0.2) is 0 Å². The highest BCUT2D eigenvalue weighted by molar-refractivity contribution is 9.10. The average Bonchev–Trinajstić information content (AvgIpc) is 2.81. The first-order valence-electron chi connectivity index (χ1n) is 5.60. The van der Waals surface area contributed by atoms with Crippen molar-refractivity contribution in [1.82, 2.24) is 0 Å². The van der Waals surface area contributed by atoms with Crippen LogP contribution in [0.25, 0.3) is 0 Å². The summed E-state index contributed by atoms with van der Waals surface area (Å²) in [5.41, 5.74) is 6.27. The Morgan fingerprint density at radius 1 is 1.53 bits per heavy atom. The Hall–Kier alpha value is -1.07. The van der Waals surface area contributed by atoms with Gasteiger partial charge in [-0.2, -0.15) is 0 Å². The molecule has 92 valence electrons. The molecule has 0 saturated carbocycles. The summed E-state index contributed by atoms with van der Waals surface area (Å²) >= 11 is 3.43. The van der Waals surface area contributed by atoms with Crippen molar-refractivity contribution in [2.24, 2.45) is 5.73 Å². The molecule has 0 spiro atoms. The smallest absolute Gasteiger partial charge is 0.242 e. The Balaban J connectivity index is 2.12. The van der Waals surface area contributed by atoms with Crippen LogP contribution in [0.4, 0.5) is 5.69 Å². The Morgan fingerprint density at radius 2 is 2.29 bits per heavy atom. The Bertz CT molecular complexity index is 405. The SMILES string of the molecule is NC(=O)C(Nc1ccccc1Br)C1CCCO1. The number of nitrogens with two attached hydrogens (primary N) is 1. The van der Waals surface area contributed by atoms with Crippen molar-refractivity contribution >= 4 is 27.5 Å². The molecule has 1 aliphatic rings. The molecular weight excluding hydrogens is 284 g/mol. The molecule has 1 fully saturated rings. The zero-order valence-corrected chi connectivity index (χ0v) is 10.9. The summed E-state index contributed by atoms with van der Waals surface area (Å²) < 4.78 is 6.42. The number of primary amides is 1. The minimum Gasteiger partial charge on any atom is -0.376 e. The molecule has 2 rings (SSSR count). The predicted octanol–water partition coefficient (Wildman–Crippen LogP) is 1.89. The summed E-state index contributed by atoms with van der Waals surface area (Å²) in [5.74, 6) is -0.382. The molecule has 0 bridgehead atoms. The molecule has 5 heteroatoms. The number of halogens is 1. The monoisotopic (exact) mass is 298 g/mol. The van der Waals surface area contributed by atoms with Crippen LogP contribution < -0.4 is 11.1 Å². The van der Waals surface area contributed by atoms with Crippen molar-refractivity contribution in [3.63, 3.8) is 0 Å². The quantitative estimate of drug-likeness (QED) is 0.892. The molecule has 2 unspecified atom stereocenters. The van der Waals surface area contributed by atoms with E-state index in [2.05, 4.69) is 21.2 Å². The first kappa shape index (κ1) is 12.4. The van der Waals surface area contributed by atoms with E-state index >= 15 is 0 Å². The van der Waals surface area contributed by atoms with Gasteiger partial charge in [0, 0.05) is 16.8 Å². The summed E-state index contributed by atoms with van der Waals surface area (Å²) in [6.07, 6.45) is 1.72. The van der Waals surface area contributed by atoms with Crippen LogP contribution in [0.5, 0.6) is 0 Å². The van der Waals surface area contributed by atoms with Crippen molar-refractivity contribution in [1.29, 1.82) is 0 Å². The third kappa shape index (κ3) is 2.98. The number of ether oxygens (including phenoxy) is 1. The van der Waals surface area contributed by atoms with Crippen LogP contribution in [0, 0.1) is 0 Å². The summed E-state index contributed by atoms with van der Waals surface area (Å²) in [6.45, 7) is 0.700. The molecule has 4 nitrogen and oxygen atoms in total. The van der Waals surface area contributed by atoms with Crippen molar-refractivity contribution in [3.05, 3.63) is 28.7 Å². The van der Waals surface area contributed by atoms with Crippen molar-refractivity contribution in [2.75, 3.05) is 11.9 Å². The van der Waals surface area contributed by atoms with Crippen LogP contribution in [0.15, 0.2) is 28.7 Å². The first-order chi connectivity index (χ1) is 8.18. The van der Waals surface area contributed by atoms with Crippen molar-refractivity contribution in [2.45, 2.75) is 25.0 Å². The third-order valence-electron chi connectivity index (χ3n) is 2.83. The fourth-order valence-electron chi connectivity index (χ4n) is 1.96. The summed E-state index contributed by atoms with van der Waals surface area (Å²) in [6, 6.07) is 7.16. The number of anilines is 1. The summed E-state index contributed by atoms with van der Waals surface area (Å²) in [7, 11) is 0. The van der Waals surface area contributed by atoms with Gasteiger partial charge in [0.05, 0.1) is 6.10 Å². The molecule has 17 heavy (non-hydrogen) atoms. The summed E-state index contributed by atoms with van der Waals surface area (Å²) in [5, 5.41) is 3.14. The molecule has 2 atom stereocenters. The molecule has 0 radical (unpaired) electrons. The van der Waals surface area contributed by atoms with Gasteiger partial charge in [0.25, 0.3) is 0 Å². The average molecular weight is 299 g/mol. The second-order valence-corrected chi connectivity index (χ2v) is 4.91. The lowest BCUT2D eigenvalue weighted by molar-refractivity contribution is -0.121. The number of benzene rings is 1. The molecule has 1 aromatic carbocycles. The zero-order chi connectivity index (χ0) is 12.3. The van der Waals surface area contributed by atoms with Gasteiger partial charge >= 0.3 is 0 Å². The van der Waals surface area contributed by atoms with Gasteiger partial charge < -0.3 is 15.8 Å². The zero-order valence-electron chi connectivity index (χ0n) is 9.36. The van der Waals surface area contributed by atoms with Gasteiger partial charge in [0.2, 0.25) is 5.91 Å². The minimum atomic E-state index is -0.476. The van der Waals surface area contributed by atoms with Gasteiger partial charge in [-0.3, -0.25) is 4.79 Å². The molecular formula is C12H15BrN2O2. The van der Waals surface area contributed by atoms with E-state index < -0.39 is 6.04 Å². The van der Waals surface area contributed by atoms with E-state index in [1.54, 1.807) is 0 Å². The van der Waals surface area contributed by atoms with E-state index in [4.69, 9.17) is 10.5 Å². The van der Waals surface area contributed by atoms with Crippen LogP contribution >= 0.6 is 15.9 Å². The summed E-state index contributed by atoms with van der Waals surface area (Å²) in [4.78, 5) is 11.5. The van der Waals surface area contributed by atoms with Crippen molar-refractivity contribution in [3.8, 4) is 0 Å². The number of hydrogen-bond acceptors (Lipinski definition) is 3. The molecule has 1 aliphatic heterocycles. The Kier molecular flexibility index (Phi) is 4.02. The van der Waals surface area contributed by atoms with Crippen molar-refractivity contribution < 1.29 is 9.53 Å². The van der Waals surface area contributed by atoms with E-state index in [-0.39, 0.29) is 12.0 Å². The highest BCUT2D eigenvalue weighted by Crippen LogP contribution is 2.25. The molecule has 1 saturated heterocycles. The van der Waals surface area contributed by atoms with E-state index in [9.17, 15) is 4.79 Å². The van der Waals surface area contributed by atoms with E-state index in [1.165, 1.54) is 0 Å². The number of hydrogen-bond donors (Lipinski definition) is 2. The number of amides is 1. The molecule has 1 amide bonds. The first-order valence-corrected chi connectivity index (χ1v) is 6.40. The maximum atomic E-state index is 11.5. The van der Waals surface area contributed by atoms with Gasteiger partial charge in [0.1, 0.15) is 6.04 Å². The number of carbonyl (C=O) groups is 1. The van der Waals surface area contributed by atoms with Crippen LogP contribution in [0.2, 0.25) is 0 Å². The number of carbonyl (C=O) groups excluding carboxylic acids is 1. The molecule has 1 aromatic rings. The van der Waals surface area contributed by atoms with Gasteiger partial charge in [-0.1, -0.05) is 12.1 Å². The number of rotatable bonds is 4. The third-order valence-corrected chi connectivity index (χ3v) is 3.52. The van der Waals surface area contributed by atoms with Crippen LogP contribution in [-0.4, -0.2) is 24.7 Å². The highest BCUT2D eigenvalue weighted by atomic mass is 79.9. The van der Waals surface area contributed by atoms with Crippen LogP contribution in [0.1, 0.15) is 12.8 Å². The van der Waals surface area contributed by atoms with E-state index in [0.29, 0.717) is 6.61 Å². The van der Waals surface area contributed by atoms with Crippen LogP contribution in [-0.2, 0) is 9.53 Å². The standard InChI is InChI=1S/C12H15BrN2O2/c13-8-4-1-2-5-9(8)15-11(12(14)16)10-6-3-7-17-10/h1-2,4-5,10-11,15H,3,6-7H2,(H2,14,16). The topological polar surface area (TPSA) is 64.4 Å². The molecule has 0 aliphatic carbocycles. The van der Waals surface area contributed by atoms with E-state index in [1.807, 2.05) is 24.3 Å². The maximum absolute atomic E-state index is 11.5. The lowest BCUT2D eigenvalue weighted by Crippen LogP contribution is -2.44. The van der Waals surface area contributed by atoms with Crippen LogP contribution in [0.3, 0.4) is 0 Å². The second-order valence-electron chi connectivity index (χ2n) is 4.06. The minimum absolute atomic E-state index is 0.125. The van der Waals surface area contributed by atoms with E-state index in [0.717, 1.165) is 23.0 Å². The predicted molar refractivity (Wildman–Crippen MR) is 69.7 cm³/mol.